The Morgan fingerprint density at radius 1 is 1.14 bits per heavy atom. The molecular weight excluding hydrogens is 270 g/mol. The lowest BCUT2D eigenvalue weighted by molar-refractivity contribution is 0.0706. The summed E-state index contributed by atoms with van der Waals surface area (Å²) >= 11 is 0. The van der Waals surface area contributed by atoms with E-state index in [2.05, 4.69) is 6.92 Å². The number of ether oxygens (including phenoxy) is 2. The van der Waals surface area contributed by atoms with Gasteiger partial charge in [0.2, 0.25) is 0 Å². The van der Waals surface area contributed by atoms with Crippen molar-refractivity contribution in [3.8, 4) is 11.5 Å². The first-order valence-corrected chi connectivity index (χ1v) is 7.48. The normalized spacial score (nSPS) is 10.2. The Balaban J connectivity index is 2.46. The van der Waals surface area contributed by atoms with E-state index in [-0.39, 0.29) is 0 Å². The van der Waals surface area contributed by atoms with Gasteiger partial charge < -0.3 is 9.47 Å². The van der Waals surface area contributed by atoms with Crippen LogP contribution in [0.1, 0.15) is 55.8 Å². The van der Waals surface area contributed by atoms with E-state index in [9.17, 15) is 4.79 Å². The van der Waals surface area contributed by atoms with Crippen LogP contribution in [-0.4, -0.2) is 24.8 Å². The molecule has 0 aliphatic rings. The summed E-state index contributed by atoms with van der Waals surface area (Å²) in [6.45, 7) is 2.79. The number of unbranched alkanes of at least 4 members (excludes halogenated alkanes) is 5. The Bertz CT molecular complexity index is 434. The zero-order chi connectivity index (χ0) is 15.5. The molecule has 0 saturated heterocycles. The molecule has 5 heteroatoms. The summed E-state index contributed by atoms with van der Waals surface area (Å²) in [5.41, 5.74) is 1.94. The van der Waals surface area contributed by atoms with Gasteiger partial charge in [0.05, 0.1) is 13.7 Å². The van der Waals surface area contributed by atoms with Gasteiger partial charge in [-0.15, -0.1) is 0 Å². The molecule has 0 aliphatic carbocycles. The monoisotopic (exact) mass is 295 g/mol. The summed E-state index contributed by atoms with van der Waals surface area (Å²) in [6.07, 6.45) is 7.14. The molecule has 0 heterocycles. The number of methoxy groups -OCH3 is 1. The molecular formula is C16H25NO4. The van der Waals surface area contributed by atoms with Gasteiger partial charge in [-0.1, -0.05) is 39.0 Å². The predicted octanol–water partition coefficient (Wildman–Crippen LogP) is 3.55. The molecule has 0 atom stereocenters. The first-order chi connectivity index (χ1) is 10.2. The van der Waals surface area contributed by atoms with Crippen molar-refractivity contribution >= 4 is 5.91 Å². The number of hydrogen-bond acceptors (Lipinski definition) is 4. The summed E-state index contributed by atoms with van der Waals surface area (Å²) < 4.78 is 10.9. The van der Waals surface area contributed by atoms with Crippen molar-refractivity contribution in [3.63, 3.8) is 0 Å². The van der Waals surface area contributed by atoms with Gasteiger partial charge >= 0.3 is 0 Å². The first kappa shape index (κ1) is 17.3. The van der Waals surface area contributed by atoms with E-state index in [1.807, 2.05) is 0 Å². The summed E-state index contributed by atoms with van der Waals surface area (Å²) in [7, 11) is 1.55. The van der Waals surface area contributed by atoms with Crippen LogP contribution in [0, 0.1) is 0 Å². The molecule has 0 fully saturated rings. The lowest BCUT2D eigenvalue weighted by atomic mass is 10.1. The van der Waals surface area contributed by atoms with E-state index < -0.39 is 5.91 Å². The maximum atomic E-state index is 11.4. The zero-order valence-corrected chi connectivity index (χ0v) is 12.9. The molecule has 118 valence electrons. The van der Waals surface area contributed by atoms with Crippen LogP contribution in [0.15, 0.2) is 18.2 Å². The summed E-state index contributed by atoms with van der Waals surface area (Å²) in [5, 5.41) is 8.65. The second kappa shape index (κ2) is 10.0. The SMILES string of the molecule is CCCCCCCCOc1cc(C(=O)NO)ccc1OC. The Hall–Kier alpha value is -1.75. The summed E-state index contributed by atoms with van der Waals surface area (Å²) in [6, 6.07) is 4.80. The molecule has 0 unspecified atom stereocenters. The van der Waals surface area contributed by atoms with Crippen molar-refractivity contribution < 1.29 is 19.5 Å². The summed E-state index contributed by atoms with van der Waals surface area (Å²) in [5.74, 6) is 0.532. The highest BCUT2D eigenvalue weighted by atomic mass is 16.5. The average Bonchev–Trinajstić information content (AvgIpc) is 2.53. The smallest absolute Gasteiger partial charge is 0.274 e. The molecule has 0 saturated carbocycles. The summed E-state index contributed by atoms with van der Waals surface area (Å²) in [4.78, 5) is 11.4. The number of hydrogen-bond donors (Lipinski definition) is 2. The quantitative estimate of drug-likeness (QED) is 0.393. The number of rotatable bonds is 10. The minimum absolute atomic E-state index is 0.330. The van der Waals surface area contributed by atoms with Crippen LogP contribution >= 0.6 is 0 Å². The standard InChI is InChI=1S/C16H25NO4/c1-3-4-5-6-7-8-11-21-15-12-13(16(18)17-19)9-10-14(15)20-2/h9-10,12,19H,3-8,11H2,1-2H3,(H,17,18). The lowest BCUT2D eigenvalue weighted by Gasteiger charge is -2.11. The van der Waals surface area contributed by atoms with Crippen LogP contribution in [0.3, 0.4) is 0 Å². The van der Waals surface area contributed by atoms with E-state index in [1.54, 1.807) is 30.8 Å². The van der Waals surface area contributed by atoms with Gasteiger partial charge in [0.15, 0.2) is 11.5 Å². The zero-order valence-electron chi connectivity index (χ0n) is 12.9. The minimum Gasteiger partial charge on any atom is -0.493 e. The molecule has 0 spiro atoms. The van der Waals surface area contributed by atoms with E-state index in [1.165, 1.54) is 25.7 Å². The van der Waals surface area contributed by atoms with Crippen LogP contribution in [-0.2, 0) is 0 Å². The number of nitrogens with one attached hydrogen (secondary N) is 1. The molecule has 1 amide bonds. The van der Waals surface area contributed by atoms with Crippen LogP contribution in [0.25, 0.3) is 0 Å². The average molecular weight is 295 g/mol. The Morgan fingerprint density at radius 3 is 2.52 bits per heavy atom. The van der Waals surface area contributed by atoms with Crippen molar-refractivity contribution in [1.29, 1.82) is 0 Å². The number of carbonyl (C=O) groups is 1. The fraction of sp³-hybridized carbons (Fsp3) is 0.562. The molecule has 21 heavy (non-hydrogen) atoms. The van der Waals surface area contributed by atoms with E-state index in [4.69, 9.17) is 14.7 Å². The van der Waals surface area contributed by atoms with Gasteiger partial charge in [0, 0.05) is 5.56 Å². The van der Waals surface area contributed by atoms with Gasteiger partial charge in [-0.25, -0.2) is 5.48 Å². The fourth-order valence-electron chi connectivity index (χ4n) is 2.06. The molecule has 0 bridgehead atoms. The fourth-order valence-corrected chi connectivity index (χ4v) is 2.06. The Kier molecular flexibility index (Phi) is 8.28. The Morgan fingerprint density at radius 2 is 1.86 bits per heavy atom. The van der Waals surface area contributed by atoms with Gasteiger partial charge in [0.1, 0.15) is 0 Å². The van der Waals surface area contributed by atoms with E-state index in [0.717, 1.165) is 12.8 Å². The minimum atomic E-state index is -0.568. The van der Waals surface area contributed by atoms with Gasteiger partial charge in [-0.2, -0.15) is 0 Å². The molecule has 0 aliphatic heterocycles. The van der Waals surface area contributed by atoms with Crippen molar-refractivity contribution in [2.24, 2.45) is 0 Å². The highest BCUT2D eigenvalue weighted by Crippen LogP contribution is 2.28. The highest BCUT2D eigenvalue weighted by Gasteiger charge is 2.10. The molecule has 2 N–H and O–H groups in total. The van der Waals surface area contributed by atoms with Crippen molar-refractivity contribution in [2.75, 3.05) is 13.7 Å². The number of carbonyl (C=O) groups excluding carboxylic acids is 1. The maximum absolute atomic E-state index is 11.4. The molecule has 1 aromatic carbocycles. The van der Waals surface area contributed by atoms with Crippen molar-refractivity contribution in [2.45, 2.75) is 45.4 Å². The predicted molar refractivity (Wildman–Crippen MR) is 81.1 cm³/mol. The molecule has 1 aromatic rings. The van der Waals surface area contributed by atoms with Gasteiger partial charge in [-0.05, 0) is 24.6 Å². The number of benzene rings is 1. The first-order valence-electron chi connectivity index (χ1n) is 7.48. The topological polar surface area (TPSA) is 67.8 Å². The van der Waals surface area contributed by atoms with Crippen molar-refractivity contribution in [1.82, 2.24) is 5.48 Å². The molecule has 1 rings (SSSR count). The maximum Gasteiger partial charge on any atom is 0.274 e. The number of hydroxylamine groups is 1. The third kappa shape index (κ3) is 6.04. The highest BCUT2D eigenvalue weighted by molar-refractivity contribution is 5.94. The molecule has 0 aromatic heterocycles. The second-order valence-electron chi connectivity index (χ2n) is 4.92. The van der Waals surface area contributed by atoms with E-state index in [0.29, 0.717) is 23.7 Å². The van der Waals surface area contributed by atoms with Crippen LogP contribution in [0.4, 0.5) is 0 Å². The van der Waals surface area contributed by atoms with Crippen LogP contribution in [0.2, 0.25) is 0 Å². The molecule has 0 radical (unpaired) electrons. The van der Waals surface area contributed by atoms with Gasteiger partial charge in [0.25, 0.3) is 5.91 Å². The van der Waals surface area contributed by atoms with Crippen LogP contribution < -0.4 is 15.0 Å². The Labute approximate surface area is 126 Å². The largest absolute Gasteiger partial charge is 0.493 e. The van der Waals surface area contributed by atoms with E-state index >= 15 is 0 Å². The molecule has 5 nitrogen and oxygen atoms in total. The van der Waals surface area contributed by atoms with Crippen LogP contribution in [0.5, 0.6) is 11.5 Å². The number of amides is 1. The third-order valence-electron chi connectivity index (χ3n) is 3.28. The second-order valence-corrected chi connectivity index (χ2v) is 4.92. The van der Waals surface area contributed by atoms with Gasteiger partial charge in [-0.3, -0.25) is 10.0 Å². The lowest BCUT2D eigenvalue weighted by Crippen LogP contribution is -2.18. The third-order valence-corrected chi connectivity index (χ3v) is 3.28. The van der Waals surface area contributed by atoms with Crippen molar-refractivity contribution in [3.05, 3.63) is 23.8 Å².